The van der Waals surface area contributed by atoms with Gasteiger partial charge in [-0.15, -0.1) is 0 Å². The van der Waals surface area contributed by atoms with E-state index < -0.39 is 0 Å². The molecule has 0 saturated carbocycles. The number of hydrogen-bond acceptors (Lipinski definition) is 6. The van der Waals surface area contributed by atoms with Crippen LogP contribution >= 0.6 is 24.4 Å². The summed E-state index contributed by atoms with van der Waals surface area (Å²) in [5.41, 5.74) is 0. The van der Waals surface area contributed by atoms with Crippen LogP contribution in [0.4, 0.5) is 0 Å². The normalized spacial score (nSPS) is 11.0. The minimum absolute atomic E-state index is 0. The van der Waals surface area contributed by atoms with Gasteiger partial charge < -0.3 is 83.1 Å². The predicted molar refractivity (Wildman–Crippen MR) is 116 cm³/mol. The van der Waals surface area contributed by atoms with Crippen molar-refractivity contribution in [2.24, 2.45) is 0 Å². The second kappa shape index (κ2) is 16.1. The van der Waals surface area contributed by atoms with Crippen molar-refractivity contribution in [3.63, 3.8) is 0 Å². The van der Waals surface area contributed by atoms with Gasteiger partial charge in [0, 0.05) is 8.64 Å². The maximum absolute atomic E-state index is 5.32. The molecular weight excluding hydrogens is 454 g/mol. The Labute approximate surface area is 189 Å². The minimum Gasteiger partial charge on any atom is -0.489 e. The Hall–Kier alpha value is 1.86. The van der Waals surface area contributed by atoms with Gasteiger partial charge in [0.2, 0.25) is 0 Å². The molecule has 0 aromatic rings. The third-order valence-electron chi connectivity index (χ3n) is 3.00. The van der Waals surface area contributed by atoms with Crippen LogP contribution in [0.5, 0.6) is 0 Å². The molecular formula is C14H28N2S6Zn. The first-order chi connectivity index (χ1) is 10.1. The van der Waals surface area contributed by atoms with Crippen LogP contribution in [0.15, 0.2) is 0 Å². The van der Waals surface area contributed by atoms with Crippen molar-refractivity contribution in [1.29, 1.82) is 0 Å². The molecule has 132 valence electrons. The van der Waals surface area contributed by atoms with E-state index in [1.807, 2.05) is 0 Å². The number of nitrogens with zero attached hydrogens (tertiary/aromatic N) is 2. The van der Waals surface area contributed by atoms with Crippen LogP contribution in [-0.4, -0.2) is 42.6 Å². The summed E-state index contributed by atoms with van der Waals surface area (Å²) in [6.45, 7) is 12.0. The molecule has 0 aromatic heterocycles. The molecule has 0 fully saturated rings. The molecule has 0 radical (unpaired) electrons. The molecule has 0 saturated heterocycles. The molecule has 0 rings (SSSR count). The number of rotatable bonds is 8. The van der Waals surface area contributed by atoms with Crippen molar-refractivity contribution in [1.82, 2.24) is 0 Å². The molecule has 0 heterocycles. The van der Waals surface area contributed by atoms with Gasteiger partial charge in [0.25, 0.3) is 0 Å². The van der Waals surface area contributed by atoms with Crippen molar-refractivity contribution in [2.75, 3.05) is 26.2 Å². The Kier molecular flexibility index (Phi) is 20.7. The SMILES string of the molecule is CCC[N+]([S-])(CCC)C(=S)[S-].CCC[N+]([S-])(CCC)C(=S)[S-].[Zn+2]. The van der Waals surface area contributed by atoms with Gasteiger partial charge in [-0.05, 0) is 25.7 Å². The molecule has 2 nitrogen and oxygen atoms in total. The molecule has 9 heteroatoms. The average molecular weight is 482 g/mol. The summed E-state index contributed by atoms with van der Waals surface area (Å²) in [6, 6.07) is 0. The third-order valence-corrected chi connectivity index (χ3v) is 5.96. The van der Waals surface area contributed by atoms with Crippen molar-refractivity contribution in [2.45, 2.75) is 53.4 Å². The second-order valence-electron chi connectivity index (χ2n) is 5.20. The Morgan fingerprint density at radius 3 is 0.913 bits per heavy atom. The fourth-order valence-corrected chi connectivity index (χ4v) is 3.49. The van der Waals surface area contributed by atoms with Crippen LogP contribution in [0.2, 0.25) is 0 Å². The number of thiocarbonyl (C=S) groups is 2. The topological polar surface area (TPSA) is 0 Å². The summed E-state index contributed by atoms with van der Waals surface area (Å²) in [5, 5.41) is 0. The van der Waals surface area contributed by atoms with E-state index in [-0.39, 0.29) is 19.5 Å². The van der Waals surface area contributed by atoms with E-state index in [2.05, 4.69) is 27.7 Å². The van der Waals surface area contributed by atoms with Crippen molar-refractivity contribution < 1.29 is 27.3 Å². The van der Waals surface area contributed by atoms with Gasteiger partial charge in [0.15, 0.2) is 0 Å². The minimum atomic E-state index is 0. The first-order valence-corrected chi connectivity index (χ1v) is 10.1. The molecule has 0 amide bonds. The van der Waals surface area contributed by atoms with Crippen molar-refractivity contribution in [3.8, 4) is 0 Å². The smallest absolute Gasteiger partial charge is 0.489 e. The quantitative estimate of drug-likeness (QED) is 0.222. The molecule has 0 spiro atoms. The molecule has 23 heavy (non-hydrogen) atoms. The average Bonchev–Trinajstić information content (AvgIpc) is 2.40. The Bertz CT molecular complexity index is 297. The van der Waals surface area contributed by atoms with Gasteiger partial charge in [-0.1, -0.05) is 27.7 Å². The van der Waals surface area contributed by atoms with Gasteiger partial charge in [0.05, 0.1) is 26.2 Å². The summed E-state index contributed by atoms with van der Waals surface area (Å²) >= 11 is 30.4. The first kappa shape index (κ1) is 29.6. The molecule has 0 aromatic carbocycles. The summed E-state index contributed by atoms with van der Waals surface area (Å²) in [7, 11) is 0. The van der Waals surface area contributed by atoms with E-state index in [9.17, 15) is 0 Å². The van der Waals surface area contributed by atoms with Gasteiger partial charge in [0.1, 0.15) is 0 Å². The number of quaternary nitrogens is 2. The maximum Gasteiger partial charge on any atom is 2.00 e. The van der Waals surface area contributed by atoms with Crippen molar-refractivity contribution in [3.05, 3.63) is 0 Å². The summed E-state index contributed by atoms with van der Waals surface area (Å²) in [5.74, 6) is 0. The summed E-state index contributed by atoms with van der Waals surface area (Å²) < 4.78 is 1.78. The molecule has 0 N–H and O–H groups in total. The van der Waals surface area contributed by atoms with E-state index in [0.717, 1.165) is 51.9 Å². The standard InChI is InChI=1S/2C7H15NS3.Zn/c2*1-3-5-8(11,6-4-2)7(9)10;/h2*3-6H2,1-2H3,(H,9,10);/q;;+2/p-2. The molecule has 0 bridgehead atoms. The van der Waals surface area contributed by atoms with Crippen LogP contribution in [0.3, 0.4) is 0 Å². The molecule has 0 aliphatic rings. The van der Waals surface area contributed by atoms with E-state index in [4.69, 9.17) is 75.3 Å². The third kappa shape index (κ3) is 12.8. The fourth-order valence-electron chi connectivity index (χ4n) is 2.03. The zero-order valence-corrected chi connectivity index (χ0v) is 22.6. The summed E-state index contributed by atoms with van der Waals surface area (Å²) in [6.07, 6.45) is 4.17. The van der Waals surface area contributed by atoms with Gasteiger partial charge in [-0.25, -0.2) is 0 Å². The van der Waals surface area contributed by atoms with Crippen LogP contribution in [-0.2, 0) is 70.4 Å². The fraction of sp³-hybridized carbons (Fsp3) is 0.857. The summed E-state index contributed by atoms with van der Waals surface area (Å²) in [4.78, 5) is 0. The van der Waals surface area contributed by atoms with Gasteiger partial charge in [-0.3, -0.25) is 0 Å². The Morgan fingerprint density at radius 1 is 0.652 bits per heavy atom. The van der Waals surface area contributed by atoms with Crippen LogP contribution in [0, 0.1) is 0 Å². The monoisotopic (exact) mass is 480 g/mol. The van der Waals surface area contributed by atoms with Crippen LogP contribution in [0.25, 0.3) is 0 Å². The zero-order chi connectivity index (χ0) is 17.8. The van der Waals surface area contributed by atoms with E-state index in [1.54, 1.807) is 0 Å². The Balaban J connectivity index is -0.000000333. The first-order valence-electron chi connectivity index (χ1n) is 7.72. The van der Waals surface area contributed by atoms with Crippen molar-refractivity contribution >= 4 is 84.0 Å². The predicted octanol–water partition coefficient (Wildman–Crippen LogP) is 3.83. The van der Waals surface area contributed by atoms with Crippen LogP contribution < -0.4 is 0 Å². The van der Waals surface area contributed by atoms with Gasteiger partial charge >= 0.3 is 19.5 Å². The van der Waals surface area contributed by atoms with Gasteiger partial charge in [-0.2, -0.15) is 0 Å². The largest absolute Gasteiger partial charge is 2.00 e. The van der Waals surface area contributed by atoms with Crippen LogP contribution in [0.1, 0.15) is 53.4 Å². The van der Waals surface area contributed by atoms with E-state index in [1.165, 1.54) is 0 Å². The Morgan fingerprint density at radius 2 is 0.826 bits per heavy atom. The zero-order valence-electron chi connectivity index (χ0n) is 14.7. The molecule has 0 aliphatic heterocycles. The molecule has 0 unspecified atom stereocenters. The van der Waals surface area contributed by atoms with E-state index in [0.29, 0.717) is 16.4 Å². The molecule has 0 aliphatic carbocycles. The second-order valence-corrected chi connectivity index (χ2v) is 8.67. The maximum atomic E-state index is 5.32. The molecule has 0 atom stereocenters. The van der Waals surface area contributed by atoms with E-state index >= 15 is 0 Å². The number of hydrogen-bond donors (Lipinski definition) is 0.